The monoisotopic (exact) mass is 227 g/mol. The van der Waals surface area contributed by atoms with Crippen molar-refractivity contribution in [2.75, 3.05) is 6.54 Å². The number of hydrogen-bond acceptors (Lipinski definition) is 2. The first kappa shape index (κ1) is 13.0. The summed E-state index contributed by atoms with van der Waals surface area (Å²) in [5.41, 5.74) is 0.0347. The average Bonchev–Trinajstić information content (AvgIpc) is 2.61. The number of amides is 1. The van der Waals surface area contributed by atoms with Gasteiger partial charge in [0.1, 0.15) is 0 Å². The molecule has 0 aromatic rings. The fraction of sp³-hybridized carbons (Fsp3) is 0.833. The van der Waals surface area contributed by atoms with E-state index >= 15 is 0 Å². The molecule has 0 saturated heterocycles. The molecule has 0 spiro atoms. The lowest BCUT2D eigenvalue weighted by atomic mass is 9.93. The van der Waals surface area contributed by atoms with E-state index in [1.165, 1.54) is 0 Å². The van der Waals surface area contributed by atoms with Gasteiger partial charge in [-0.05, 0) is 18.3 Å². The number of nitrogens with one attached hydrogen (secondary N) is 1. The zero-order valence-electron chi connectivity index (χ0n) is 10.2. The standard InChI is InChI=1S/C12H21NO3/c1-12(2,3)7-13-10(14)8-5-4-6-9(8)11(15)16/h8-9H,4-7H2,1-3H3,(H,13,14)(H,15,16)/t8-,9+/m1/s1. The molecule has 4 heteroatoms. The van der Waals surface area contributed by atoms with Crippen LogP contribution in [0.2, 0.25) is 0 Å². The second kappa shape index (κ2) is 4.85. The van der Waals surface area contributed by atoms with E-state index in [1.54, 1.807) is 0 Å². The molecule has 0 radical (unpaired) electrons. The molecular formula is C12H21NO3. The third-order valence-electron chi connectivity index (χ3n) is 2.96. The van der Waals surface area contributed by atoms with Gasteiger partial charge >= 0.3 is 5.97 Å². The van der Waals surface area contributed by atoms with Crippen LogP contribution in [0.4, 0.5) is 0 Å². The highest BCUT2D eigenvalue weighted by atomic mass is 16.4. The summed E-state index contributed by atoms with van der Waals surface area (Å²) in [7, 11) is 0. The Balaban J connectivity index is 2.50. The third-order valence-corrected chi connectivity index (χ3v) is 2.96. The summed E-state index contributed by atoms with van der Waals surface area (Å²) >= 11 is 0. The smallest absolute Gasteiger partial charge is 0.307 e. The van der Waals surface area contributed by atoms with Crippen molar-refractivity contribution in [3.63, 3.8) is 0 Å². The van der Waals surface area contributed by atoms with Gasteiger partial charge in [-0.1, -0.05) is 27.2 Å². The maximum absolute atomic E-state index is 11.8. The van der Waals surface area contributed by atoms with Crippen molar-refractivity contribution >= 4 is 11.9 Å². The van der Waals surface area contributed by atoms with Crippen molar-refractivity contribution in [1.29, 1.82) is 0 Å². The molecular weight excluding hydrogens is 206 g/mol. The third kappa shape index (κ3) is 3.51. The number of carbonyl (C=O) groups is 2. The Kier molecular flexibility index (Phi) is 3.94. The van der Waals surface area contributed by atoms with Crippen molar-refractivity contribution < 1.29 is 14.7 Å². The number of hydrogen-bond donors (Lipinski definition) is 2. The molecule has 16 heavy (non-hydrogen) atoms. The van der Waals surface area contributed by atoms with Crippen LogP contribution in [0.3, 0.4) is 0 Å². The van der Waals surface area contributed by atoms with E-state index in [0.717, 1.165) is 6.42 Å². The van der Waals surface area contributed by atoms with E-state index in [4.69, 9.17) is 5.11 Å². The predicted molar refractivity (Wildman–Crippen MR) is 60.9 cm³/mol. The topological polar surface area (TPSA) is 66.4 Å². The SMILES string of the molecule is CC(C)(C)CNC(=O)[C@@H]1CCC[C@@H]1C(=O)O. The average molecular weight is 227 g/mol. The Bertz CT molecular complexity index is 280. The molecule has 0 unspecified atom stereocenters. The first-order chi connectivity index (χ1) is 7.31. The lowest BCUT2D eigenvalue weighted by Crippen LogP contribution is -2.39. The van der Waals surface area contributed by atoms with E-state index < -0.39 is 11.9 Å². The first-order valence-corrected chi connectivity index (χ1v) is 5.82. The number of carboxylic acid groups (broad SMARTS) is 1. The molecule has 1 amide bonds. The van der Waals surface area contributed by atoms with Gasteiger partial charge in [0.2, 0.25) is 5.91 Å². The summed E-state index contributed by atoms with van der Waals surface area (Å²) in [6.45, 7) is 6.71. The molecule has 4 nitrogen and oxygen atoms in total. The Labute approximate surface area is 96.4 Å². The molecule has 1 aliphatic carbocycles. The summed E-state index contributed by atoms with van der Waals surface area (Å²) in [6, 6.07) is 0. The minimum atomic E-state index is -0.839. The highest BCUT2D eigenvalue weighted by Crippen LogP contribution is 2.32. The number of carbonyl (C=O) groups excluding carboxylic acids is 1. The Morgan fingerprint density at radius 1 is 1.25 bits per heavy atom. The summed E-state index contributed by atoms with van der Waals surface area (Å²) in [6.07, 6.45) is 2.17. The van der Waals surface area contributed by atoms with Gasteiger partial charge in [-0.25, -0.2) is 0 Å². The molecule has 0 aromatic carbocycles. The maximum Gasteiger partial charge on any atom is 0.307 e. The molecule has 0 aliphatic heterocycles. The van der Waals surface area contributed by atoms with Crippen LogP contribution in [0.25, 0.3) is 0 Å². The molecule has 2 atom stereocenters. The van der Waals surface area contributed by atoms with Gasteiger partial charge in [0.05, 0.1) is 11.8 Å². The largest absolute Gasteiger partial charge is 0.481 e. The highest BCUT2D eigenvalue weighted by Gasteiger charge is 2.37. The van der Waals surface area contributed by atoms with Crippen LogP contribution >= 0.6 is 0 Å². The lowest BCUT2D eigenvalue weighted by molar-refractivity contribution is -0.146. The van der Waals surface area contributed by atoms with Crippen LogP contribution in [-0.4, -0.2) is 23.5 Å². The normalized spacial score (nSPS) is 25.4. The second-order valence-electron chi connectivity index (χ2n) is 5.76. The van der Waals surface area contributed by atoms with Crippen LogP contribution in [0.5, 0.6) is 0 Å². The number of aliphatic carboxylic acids is 1. The zero-order chi connectivity index (χ0) is 12.3. The molecule has 0 heterocycles. The van der Waals surface area contributed by atoms with E-state index in [0.29, 0.717) is 19.4 Å². The fourth-order valence-electron chi connectivity index (χ4n) is 2.05. The van der Waals surface area contributed by atoms with Gasteiger partial charge in [-0.2, -0.15) is 0 Å². The van der Waals surface area contributed by atoms with Gasteiger partial charge in [0.15, 0.2) is 0 Å². The highest BCUT2D eigenvalue weighted by molar-refractivity contribution is 5.85. The molecule has 0 aromatic heterocycles. The Morgan fingerprint density at radius 3 is 2.31 bits per heavy atom. The molecule has 1 fully saturated rings. The summed E-state index contributed by atoms with van der Waals surface area (Å²) in [4.78, 5) is 22.8. The van der Waals surface area contributed by atoms with Gasteiger partial charge in [0.25, 0.3) is 0 Å². The van der Waals surface area contributed by atoms with E-state index in [1.807, 2.05) is 20.8 Å². The van der Waals surface area contributed by atoms with Crippen LogP contribution in [-0.2, 0) is 9.59 Å². The first-order valence-electron chi connectivity index (χ1n) is 5.82. The summed E-state index contributed by atoms with van der Waals surface area (Å²) in [5.74, 6) is -1.76. The van der Waals surface area contributed by atoms with Crippen molar-refractivity contribution in [2.24, 2.45) is 17.3 Å². The van der Waals surface area contributed by atoms with Crippen LogP contribution < -0.4 is 5.32 Å². The molecule has 0 bridgehead atoms. The molecule has 92 valence electrons. The second-order valence-corrected chi connectivity index (χ2v) is 5.76. The van der Waals surface area contributed by atoms with Crippen molar-refractivity contribution in [2.45, 2.75) is 40.0 Å². The van der Waals surface area contributed by atoms with Gasteiger partial charge in [-0.3, -0.25) is 9.59 Å². The number of carboxylic acids is 1. The minimum Gasteiger partial charge on any atom is -0.481 e. The summed E-state index contributed by atoms with van der Waals surface area (Å²) in [5, 5.41) is 11.8. The van der Waals surface area contributed by atoms with E-state index in [9.17, 15) is 9.59 Å². The molecule has 1 saturated carbocycles. The van der Waals surface area contributed by atoms with Crippen molar-refractivity contribution in [3.8, 4) is 0 Å². The Morgan fingerprint density at radius 2 is 1.81 bits per heavy atom. The number of rotatable bonds is 3. The van der Waals surface area contributed by atoms with Crippen LogP contribution in [0.1, 0.15) is 40.0 Å². The quantitative estimate of drug-likeness (QED) is 0.770. The van der Waals surface area contributed by atoms with Gasteiger partial charge < -0.3 is 10.4 Å². The predicted octanol–water partition coefficient (Wildman–Crippen LogP) is 1.65. The molecule has 1 rings (SSSR count). The van der Waals surface area contributed by atoms with Gasteiger partial charge in [0, 0.05) is 6.54 Å². The molecule has 1 aliphatic rings. The summed E-state index contributed by atoms with van der Waals surface area (Å²) < 4.78 is 0. The van der Waals surface area contributed by atoms with Crippen LogP contribution in [0.15, 0.2) is 0 Å². The van der Waals surface area contributed by atoms with Crippen molar-refractivity contribution in [1.82, 2.24) is 5.32 Å². The van der Waals surface area contributed by atoms with Crippen molar-refractivity contribution in [3.05, 3.63) is 0 Å². The lowest BCUT2D eigenvalue weighted by Gasteiger charge is -2.21. The van der Waals surface area contributed by atoms with Crippen LogP contribution in [0, 0.1) is 17.3 Å². The maximum atomic E-state index is 11.8. The Hall–Kier alpha value is -1.06. The fourth-order valence-corrected chi connectivity index (χ4v) is 2.05. The zero-order valence-corrected chi connectivity index (χ0v) is 10.2. The van der Waals surface area contributed by atoms with E-state index in [2.05, 4.69) is 5.32 Å². The molecule has 2 N–H and O–H groups in total. The minimum absolute atomic E-state index is 0.0347. The van der Waals surface area contributed by atoms with E-state index in [-0.39, 0.29) is 17.2 Å². The van der Waals surface area contributed by atoms with Gasteiger partial charge in [-0.15, -0.1) is 0 Å².